The molecule has 0 aliphatic carbocycles. The van der Waals surface area contributed by atoms with Gasteiger partial charge in [-0.2, -0.15) is 4.39 Å². The summed E-state index contributed by atoms with van der Waals surface area (Å²) in [6.45, 7) is 6.56. The number of carbonyl (C=O) groups excluding carboxylic acids is 1. The Bertz CT molecular complexity index is 850. The molecule has 1 aliphatic heterocycles. The van der Waals surface area contributed by atoms with Crippen LogP contribution in [-0.4, -0.2) is 59.0 Å². The molecule has 0 N–H and O–H groups in total. The molecule has 0 atom stereocenters. The van der Waals surface area contributed by atoms with Gasteiger partial charge in [0.25, 0.3) is 5.91 Å². The van der Waals surface area contributed by atoms with Crippen molar-refractivity contribution in [2.75, 3.05) is 27.2 Å². The lowest BCUT2D eigenvalue weighted by atomic mass is 10.0. The number of carbonyl (C=O) groups is 1. The molecule has 1 fully saturated rings. The molecule has 1 amide bonds. The summed E-state index contributed by atoms with van der Waals surface area (Å²) in [5.41, 5.74) is 3.48. The van der Waals surface area contributed by atoms with Crippen LogP contribution in [0.5, 0.6) is 5.75 Å². The maximum Gasteiger partial charge on any atom is 0.254 e. The summed E-state index contributed by atoms with van der Waals surface area (Å²) in [6, 6.07) is 2.88. The molecular weight excluding hydrogens is 359 g/mol. The summed E-state index contributed by atoms with van der Waals surface area (Å²) >= 11 is 0. The van der Waals surface area contributed by atoms with E-state index in [1.807, 2.05) is 20.0 Å². The highest BCUT2D eigenvalue weighted by Crippen LogP contribution is 2.26. The Labute approximate surface area is 165 Å². The van der Waals surface area contributed by atoms with Crippen LogP contribution in [0.1, 0.15) is 40.0 Å². The van der Waals surface area contributed by atoms with Crippen molar-refractivity contribution >= 4 is 5.91 Å². The van der Waals surface area contributed by atoms with Gasteiger partial charge in [0.15, 0.2) is 0 Å². The monoisotopic (exact) mass is 386 g/mol. The minimum Gasteiger partial charge on any atom is -0.496 e. The molecule has 7 heteroatoms. The fourth-order valence-electron chi connectivity index (χ4n) is 3.81. The van der Waals surface area contributed by atoms with Gasteiger partial charge < -0.3 is 9.64 Å². The molecule has 0 aromatic carbocycles. The first-order valence-electron chi connectivity index (χ1n) is 9.50. The quantitative estimate of drug-likeness (QED) is 0.740. The number of halogens is 1. The van der Waals surface area contributed by atoms with Crippen LogP contribution >= 0.6 is 0 Å². The predicted molar refractivity (Wildman–Crippen MR) is 105 cm³/mol. The van der Waals surface area contributed by atoms with Crippen LogP contribution in [0, 0.1) is 19.8 Å². The zero-order chi connectivity index (χ0) is 20.3. The lowest BCUT2D eigenvalue weighted by molar-refractivity contribution is 0.0634. The highest BCUT2D eigenvalue weighted by atomic mass is 19.1. The van der Waals surface area contributed by atoms with Crippen LogP contribution in [0.4, 0.5) is 4.39 Å². The van der Waals surface area contributed by atoms with Crippen LogP contribution in [0.15, 0.2) is 24.5 Å². The Morgan fingerprint density at radius 3 is 2.68 bits per heavy atom. The molecule has 0 bridgehead atoms. The average Bonchev–Trinajstić information content (AvgIpc) is 2.70. The molecule has 2 aromatic rings. The van der Waals surface area contributed by atoms with E-state index in [4.69, 9.17) is 4.74 Å². The van der Waals surface area contributed by atoms with E-state index in [0.29, 0.717) is 5.56 Å². The van der Waals surface area contributed by atoms with Gasteiger partial charge in [-0.15, -0.1) is 0 Å². The van der Waals surface area contributed by atoms with Gasteiger partial charge in [-0.05, 0) is 32.8 Å². The van der Waals surface area contributed by atoms with Gasteiger partial charge in [0.2, 0.25) is 5.95 Å². The molecule has 2 aromatic heterocycles. The predicted octanol–water partition coefficient (Wildman–Crippen LogP) is 2.98. The Morgan fingerprint density at radius 2 is 2.04 bits per heavy atom. The van der Waals surface area contributed by atoms with E-state index >= 15 is 0 Å². The molecule has 0 radical (unpaired) electrons. The second-order valence-electron chi connectivity index (χ2n) is 7.34. The van der Waals surface area contributed by atoms with Gasteiger partial charge in [-0.1, -0.05) is 0 Å². The topological polar surface area (TPSA) is 58.6 Å². The van der Waals surface area contributed by atoms with Gasteiger partial charge in [-0.25, -0.2) is 4.98 Å². The minimum absolute atomic E-state index is 0.140. The number of ether oxygens (including phenoxy) is 1. The van der Waals surface area contributed by atoms with Crippen LogP contribution in [0.3, 0.4) is 0 Å². The van der Waals surface area contributed by atoms with Crippen molar-refractivity contribution < 1.29 is 13.9 Å². The van der Waals surface area contributed by atoms with E-state index in [1.54, 1.807) is 25.1 Å². The van der Waals surface area contributed by atoms with Gasteiger partial charge in [0.05, 0.1) is 12.8 Å². The van der Waals surface area contributed by atoms with Gasteiger partial charge in [0.1, 0.15) is 5.75 Å². The first-order chi connectivity index (χ1) is 13.4. The first kappa shape index (κ1) is 20.2. The number of hydrogen-bond donors (Lipinski definition) is 0. The summed E-state index contributed by atoms with van der Waals surface area (Å²) in [5.74, 6) is 0.0980. The smallest absolute Gasteiger partial charge is 0.254 e. The zero-order valence-electron chi connectivity index (χ0n) is 16.9. The number of piperidine rings is 1. The second-order valence-corrected chi connectivity index (χ2v) is 7.34. The third kappa shape index (κ3) is 4.30. The Hall–Kier alpha value is -2.54. The fraction of sp³-hybridized carbons (Fsp3) is 0.476. The fourth-order valence-corrected chi connectivity index (χ4v) is 3.81. The van der Waals surface area contributed by atoms with Crippen molar-refractivity contribution in [2.24, 2.45) is 0 Å². The number of aromatic nitrogens is 2. The van der Waals surface area contributed by atoms with Gasteiger partial charge in [0, 0.05) is 67.9 Å². The third-order valence-corrected chi connectivity index (χ3v) is 5.52. The molecule has 28 heavy (non-hydrogen) atoms. The Balaban J connectivity index is 1.59. The number of rotatable bonds is 5. The normalized spacial score (nSPS) is 15.5. The molecule has 3 rings (SSSR count). The van der Waals surface area contributed by atoms with Crippen LogP contribution in [0.25, 0.3) is 0 Å². The molecule has 6 nitrogen and oxygen atoms in total. The van der Waals surface area contributed by atoms with E-state index in [0.717, 1.165) is 55.0 Å². The number of amides is 1. The standard InChI is InChI=1S/C21H27FN4O2/c1-14-12-24-18(15(2)20(14)28-4)13-26-9-6-17(7-10-26)25(3)21(27)16-5-8-23-19(22)11-16/h5,8,11-12,17H,6-7,9-10,13H2,1-4H3. The van der Waals surface area contributed by atoms with E-state index in [1.165, 1.54) is 12.3 Å². The highest BCUT2D eigenvalue weighted by molar-refractivity contribution is 5.94. The number of nitrogens with zero attached hydrogens (tertiary/aromatic N) is 4. The number of methoxy groups -OCH3 is 1. The van der Waals surface area contributed by atoms with Gasteiger partial charge in [-0.3, -0.25) is 14.7 Å². The van der Waals surface area contributed by atoms with E-state index in [9.17, 15) is 9.18 Å². The lowest BCUT2D eigenvalue weighted by Gasteiger charge is -2.36. The molecule has 0 spiro atoms. The molecule has 0 unspecified atom stereocenters. The Morgan fingerprint density at radius 1 is 1.32 bits per heavy atom. The maximum absolute atomic E-state index is 13.3. The number of pyridine rings is 2. The van der Waals surface area contributed by atoms with Gasteiger partial charge >= 0.3 is 0 Å². The summed E-state index contributed by atoms with van der Waals surface area (Å²) in [4.78, 5) is 24.8. The molecule has 150 valence electrons. The van der Waals surface area contributed by atoms with Crippen LogP contribution in [0.2, 0.25) is 0 Å². The van der Waals surface area contributed by atoms with Crippen LogP contribution < -0.4 is 4.74 Å². The second kappa shape index (κ2) is 8.65. The molecule has 0 saturated carbocycles. The molecule has 1 saturated heterocycles. The van der Waals surface area contributed by atoms with E-state index < -0.39 is 5.95 Å². The van der Waals surface area contributed by atoms with Crippen molar-refractivity contribution in [3.63, 3.8) is 0 Å². The number of likely N-dealkylation sites (tertiary alicyclic amines) is 1. The maximum atomic E-state index is 13.3. The summed E-state index contributed by atoms with van der Waals surface area (Å²) in [5, 5.41) is 0. The third-order valence-electron chi connectivity index (χ3n) is 5.52. The summed E-state index contributed by atoms with van der Waals surface area (Å²) in [7, 11) is 3.48. The number of aryl methyl sites for hydroxylation is 1. The van der Waals surface area contributed by atoms with Crippen molar-refractivity contribution in [3.8, 4) is 5.75 Å². The first-order valence-corrected chi connectivity index (χ1v) is 9.50. The highest BCUT2D eigenvalue weighted by Gasteiger charge is 2.27. The molecular formula is C21H27FN4O2. The molecule has 1 aliphatic rings. The zero-order valence-corrected chi connectivity index (χ0v) is 16.9. The lowest BCUT2D eigenvalue weighted by Crippen LogP contribution is -2.45. The van der Waals surface area contributed by atoms with E-state index in [2.05, 4.69) is 14.9 Å². The average molecular weight is 386 g/mol. The number of hydrogen-bond acceptors (Lipinski definition) is 5. The van der Waals surface area contributed by atoms with Crippen molar-refractivity contribution in [3.05, 3.63) is 52.9 Å². The SMILES string of the molecule is COc1c(C)cnc(CN2CCC(N(C)C(=O)c3ccnc(F)c3)CC2)c1C. The minimum atomic E-state index is -0.634. The van der Waals surface area contributed by atoms with Crippen LogP contribution in [-0.2, 0) is 6.54 Å². The largest absolute Gasteiger partial charge is 0.496 e. The Kier molecular flexibility index (Phi) is 6.24. The van der Waals surface area contributed by atoms with Crippen molar-refractivity contribution in [1.29, 1.82) is 0 Å². The van der Waals surface area contributed by atoms with Crippen molar-refractivity contribution in [1.82, 2.24) is 19.8 Å². The molecule has 3 heterocycles. The van der Waals surface area contributed by atoms with Crippen molar-refractivity contribution in [2.45, 2.75) is 39.3 Å². The summed E-state index contributed by atoms with van der Waals surface area (Å²) < 4.78 is 18.8. The summed E-state index contributed by atoms with van der Waals surface area (Å²) in [6.07, 6.45) is 4.92. The van der Waals surface area contributed by atoms with E-state index in [-0.39, 0.29) is 11.9 Å².